The minimum absolute atomic E-state index is 0.137. The Morgan fingerprint density at radius 2 is 2.00 bits per heavy atom. The maximum Gasteiger partial charge on any atom is 0.341 e. The van der Waals surface area contributed by atoms with Crippen molar-refractivity contribution < 1.29 is 14.3 Å². The van der Waals surface area contributed by atoms with Crippen LogP contribution < -0.4 is 10.2 Å². The van der Waals surface area contributed by atoms with Crippen LogP contribution in [0.2, 0.25) is 5.02 Å². The summed E-state index contributed by atoms with van der Waals surface area (Å²) in [4.78, 5) is 36.5. The van der Waals surface area contributed by atoms with Crippen LogP contribution in [0.25, 0.3) is 0 Å². The molecule has 8 heteroatoms. The van der Waals surface area contributed by atoms with E-state index in [2.05, 4.69) is 29.4 Å². The molecule has 0 aliphatic carbocycles. The highest BCUT2D eigenvalue weighted by Crippen LogP contribution is 2.26. The highest BCUT2D eigenvalue weighted by Gasteiger charge is 2.33. The number of hydrogen-bond donors (Lipinski definition) is 1. The van der Waals surface area contributed by atoms with Crippen molar-refractivity contribution in [3.63, 3.8) is 0 Å². The zero-order valence-electron chi connectivity index (χ0n) is 19.3. The maximum absolute atomic E-state index is 13.0. The first kappa shape index (κ1) is 23.7. The number of hydrogen-bond acceptors (Lipinski definition) is 6. The van der Waals surface area contributed by atoms with E-state index in [1.54, 1.807) is 24.3 Å². The van der Waals surface area contributed by atoms with Crippen LogP contribution >= 0.6 is 11.6 Å². The molecule has 176 valence electrons. The van der Waals surface area contributed by atoms with E-state index in [4.69, 9.17) is 21.3 Å². The highest BCUT2D eigenvalue weighted by molar-refractivity contribution is 6.30. The van der Waals surface area contributed by atoms with Gasteiger partial charge in [0.15, 0.2) is 0 Å². The third-order valence-electron chi connectivity index (χ3n) is 6.06. The summed E-state index contributed by atoms with van der Waals surface area (Å²) in [5.74, 6) is -0.166. The van der Waals surface area contributed by atoms with Crippen molar-refractivity contribution in [2.75, 3.05) is 23.9 Å². The summed E-state index contributed by atoms with van der Waals surface area (Å²) >= 11 is 6.05. The van der Waals surface area contributed by atoms with Crippen molar-refractivity contribution in [1.29, 1.82) is 0 Å². The molecule has 0 radical (unpaired) electrons. The zero-order chi connectivity index (χ0) is 24.1. The third kappa shape index (κ3) is 5.37. The summed E-state index contributed by atoms with van der Waals surface area (Å²) in [6, 6.07) is 14.8. The Morgan fingerprint density at radius 1 is 1.18 bits per heavy atom. The quantitative estimate of drug-likeness (QED) is 0.499. The fraction of sp³-hybridized carbons (Fsp3) is 0.308. The molecule has 3 aromatic rings. The molecule has 1 fully saturated rings. The summed E-state index contributed by atoms with van der Waals surface area (Å²) in [7, 11) is 1.35. The molecular weight excluding hydrogens is 452 g/mol. The lowest BCUT2D eigenvalue weighted by atomic mass is 10.0. The summed E-state index contributed by atoms with van der Waals surface area (Å²) in [5.41, 5.74) is 3.98. The van der Waals surface area contributed by atoms with Gasteiger partial charge in [-0.15, -0.1) is 0 Å². The van der Waals surface area contributed by atoms with Crippen molar-refractivity contribution >= 4 is 35.1 Å². The average molecular weight is 479 g/mol. The van der Waals surface area contributed by atoms with E-state index in [0.29, 0.717) is 47.3 Å². The fourth-order valence-corrected chi connectivity index (χ4v) is 4.42. The van der Waals surface area contributed by atoms with Crippen LogP contribution in [-0.2, 0) is 22.4 Å². The van der Waals surface area contributed by atoms with Gasteiger partial charge in [-0.2, -0.15) is 0 Å². The number of nitrogens with one attached hydrogen (secondary N) is 1. The molecule has 2 aromatic carbocycles. The SMILES string of the molecule is COC(=O)c1cnc(N2CCC[C@H]2C(=O)Nc2cccc(Cl)c2)nc1CCc1ccccc1C. The van der Waals surface area contributed by atoms with E-state index < -0.39 is 12.0 Å². The number of benzene rings is 2. The van der Waals surface area contributed by atoms with Crippen LogP contribution in [0.3, 0.4) is 0 Å². The second-order valence-corrected chi connectivity index (χ2v) is 8.74. The molecule has 1 saturated heterocycles. The van der Waals surface area contributed by atoms with Gasteiger partial charge in [0.25, 0.3) is 0 Å². The van der Waals surface area contributed by atoms with Crippen molar-refractivity contribution in [1.82, 2.24) is 9.97 Å². The largest absolute Gasteiger partial charge is 0.465 e. The molecule has 1 amide bonds. The molecule has 0 unspecified atom stereocenters. The molecule has 34 heavy (non-hydrogen) atoms. The van der Waals surface area contributed by atoms with Gasteiger partial charge in [0.05, 0.1) is 18.4 Å². The first-order chi connectivity index (χ1) is 16.5. The smallest absolute Gasteiger partial charge is 0.341 e. The van der Waals surface area contributed by atoms with Crippen LogP contribution in [0.5, 0.6) is 0 Å². The average Bonchev–Trinajstić information content (AvgIpc) is 3.33. The molecular formula is C26H27ClN4O3. The lowest BCUT2D eigenvalue weighted by Gasteiger charge is -2.24. The minimum Gasteiger partial charge on any atom is -0.465 e. The molecule has 0 saturated carbocycles. The summed E-state index contributed by atoms with van der Waals surface area (Å²) in [6.45, 7) is 2.72. The van der Waals surface area contributed by atoms with E-state index in [-0.39, 0.29) is 5.91 Å². The number of halogens is 1. The van der Waals surface area contributed by atoms with Gasteiger partial charge in [-0.25, -0.2) is 14.8 Å². The molecule has 0 bridgehead atoms. The normalized spacial score (nSPS) is 15.3. The molecule has 1 atom stereocenters. The Labute approximate surface area is 204 Å². The van der Waals surface area contributed by atoms with Gasteiger partial charge >= 0.3 is 5.97 Å². The monoisotopic (exact) mass is 478 g/mol. The Kier molecular flexibility index (Phi) is 7.43. The van der Waals surface area contributed by atoms with E-state index in [9.17, 15) is 9.59 Å². The first-order valence-corrected chi connectivity index (χ1v) is 11.7. The maximum atomic E-state index is 13.0. The Bertz CT molecular complexity index is 1200. The van der Waals surface area contributed by atoms with Crippen LogP contribution in [-0.4, -0.2) is 41.5 Å². The predicted molar refractivity (Wildman–Crippen MR) is 132 cm³/mol. The van der Waals surface area contributed by atoms with Crippen molar-refractivity contribution in [2.45, 2.75) is 38.6 Å². The Balaban J connectivity index is 1.57. The van der Waals surface area contributed by atoms with Crippen molar-refractivity contribution in [3.8, 4) is 0 Å². The van der Waals surface area contributed by atoms with Crippen LogP contribution in [0, 0.1) is 6.92 Å². The van der Waals surface area contributed by atoms with E-state index >= 15 is 0 Å². The van der Waals surface area contributed by atoms with E-state index in [0.717, 1.165) is 12.8 Å². The molecule has 7 nitrogen and oxygen atoms in total. The van der Waals surface area contributed by atoms with Crippen molar-refractivity contribution in [2.24, 2.45) is 0 Å². The second kappa shape index (κ2) is 10.7. The van der Waals surface area contributed by atoms with Gasteiger partial charge in [0, 0.05) is 23.5 Å². The van der Waals surface area contributed by atoms with E-state index in [1.807, 2.05) is 17.0 Å². The number of carbonyl (C=O) groups excluding carboxylic acids is 2. The van der Waals surface area contributed by atoms with Gasteiger partial charge in [0.2, 0.25) is 11.9 Å². The Hall–Kier alpha value is -3.45. The number of ether oxygens (including phenoxy) is 1. The van der Waals surface area contributed by atoms with E-state index in [1.165, 1.54) is 24.4 Å². The molecule has 1 aromatic heterocycles. The lowest BCUT2D eigenvalue weighted by Crippen LogP contribution is -2.40. The summed E-state index contributed by atoms with van der Waals surface area (Å²) in [6.07, 6.45) is 4.32. The number of carbonyl (C=O) groups is 2. The minimum atomic E-state index is -0.469. The van der Waals surface area contributed by atoms with Crippen molar-refractivity contribution in [3.05, 3.63) is 82.1 Å². The second-order valence-electron chi connectivity index (χ2n) is 8.30. The standard InChI is InChI=1S/C26H27ClN4O3/c1-17-7-3-4-8-18(17)12-13-22-21(25(33)34-2)16-28-26(30-22)31-14-6-11-23(31)24(32)29-20-10-5-9-19(27)15-20/h3-5,7-10,15-16,23H,6,11-14H2,1-2H3,(H,29,32)/t23-/m0/s1. The molecule has 1 aliphatic rings. The van der Waals surface area contributed by atoms with Gasteiger partial charge < -0.3 is 15.0 Å². The lowest BCUT2D eigenvalue weighted by molar-refractivity contribution is -0.117. The number of aryl methyl sites for hydroxylation is 3. The fourth-order valence-electron chi connectivity index (χ4n) is 4.23. The van der Waals surface area contributed by atoms with Crippen LogP contribution in [0.15, 0.2) is 54.7 Å². The first-order valence-electron chi connectivity index (χ1n) is 11.3. The molecule has 0 spiro atoms. The molecule has 1 N–H and O–H groups in total. The van der Waals surface area contributed by atoms with Gasteiger partial charge in [-0.1, -0.05) is 41.9 Å². The van der Waals surface area contributed by atoms with Gasteiger partial charge in [-0.05, 0) is 61.9 Å². The number of anilines is 2. The zero-order valence-corrected chi connectivity index (χ0v) is 20.0. The highest BCUT2D eigenvalue weighted by atomic mass is 35.5. The molecule has 2 heterocycles. The number of methoxy groups -OCH3 is 1. The third-order valence-corrected chi connectivity index (χ3v) is 6.29. The number of rotatable bonds is 7. The number of aromatic nitrogens is 2. The van der Waals surface area contributed by atoms with Crippen LogP contribution in [0.1, 0.15) is 40.0 Å². The number of esters is 1. The summed E-state index contributed by atoms with van der Waals surface area (Å²) in [5, 5.41) is 3.49. The predicted octanol–water partition coefficient (Wildman–Crippen LogP) is 4.62. The van der Waals surface area contributed by atoms with Crippen LogP contribution in [0.4, 0.5) is 11.6 Å². The molecule has 4 rings (SSSR count). The Morgan fingerprint density at radius 3 is 2.76 bits per heavy atom. The number of amides is 1. The molecule has 1 aliphatic heterocycles. The topological polar surface area (TPSA) is 84.4 Å². The number of nitrogens with zero attached hydrogens (tertiary/aromatic N) is 3. The summed E-state index contributed by atoms with van der Waals surface area (Å²) < 4.78 is 4.95. The van der Waals surface area contributed by atoms with Gasteiger partial charge in [0.1, 0.15) is 6.04 Å². The van der Waals surface area contributed by atoms with Gasteiger partial charge in [-0.3, -0.25) is 4.79 Å².